The first kappa shape index (κ1) is 22.8. The molecule has 0 aromatic carbocycles. The SMILES string of the molecule is NOC(=O)CCCC(=O)ONOC(=O)CCCCCCCCC(=O)O. The van der Waals surface area contributed by atoms with E-state index in [2.05, 4.69) is 20.4 Å². The summed E-state index contributed by atoms with van der Waals surface area (Å²) in [4.78, 5) is 56.5. The van der Waals surface area contributed by atoms with Gasteiger partial charge in [0.05, 0.1) is 0 Å². The second-order valence-corrected chi connectivity index (χ2v) is 5.39. The number of carboxylic acids is 1. The minimum Gasteiger partial charge on any atom is -0.481 e. The van der Waals surface area contributed by atoms with Crippen molar-refractivity contribution in [2.75, 3.05) is 0 Å². The van der Waals surface area contributed by atoms with E-state index in [0.717, 1.165) is 25.7 Å². The number of nitrogens with one attached hydrogen (secondary N) is 1. The number of nitrogens with two attached hydrogens (primary N) is 1. The van der Waals surface area contributed by atoms with E-state index in [1.807, 2.05) is 5.64 Å². The Morgan fingerprint density at radius 2 is 1.12 bits per heavy atom. The third-order valence-electron chi connectivity index (χ3n) is 3.23. The lowest BCUT2D eigenvalue weighted by Crippen LogP contribution is -2.24. The lowest BCUT2D eigenvalue weighted by molar-refractivity contribution is -0.198. The van der Waals surface area contributed by atoms with Crippen LogP contribution in [0.2, 0.25) is 0 Å². The minimum absolute atomic E-state index is 0.0122. The largest absolute Gasteiger partial charge is 0.481 e. The van der Waals surface area contributed by atoms with Gasteiger partial charge in [-0.1, -0.05) is 25.7 Å². The maximum atomic E-state index is 11.4. The number of hydrogen-bond acceptors (Lipinski definition) is 9. The molecule has 144 valence electrons. The molecule has 25 heavy (non-hydrogen) atoms. The molecule has 0 spiro atoms. The van der Waals surface area contributed by atoms with E-state index in [0.29, 0.717) is 12.8 Å². The van der Waals surface area contributed by atoms with Crippen molar-refractivity contribution in [3.8, 4) is 0 Å². The van der Waals surface area contributed by atoms with Crippen molar-refractivity contribution < 1.29 is 38.8 Å². The Balaban J connectivity index is 3.42. The van der Waals surface area contributed by atoms with Gasteiger partial charge in [-0.15, -0.1) is 0 Å². The van der Waals surface area contributed by atoms with Crippen molar-refractivity contribution in [2.45, 2.75) is 70.6 Å². The summed E-state index contributed by atoms with van der Waals surface area (Å²) in [6, 6.07) is 0. The summed E-state index contributed by atoms with van der Waals surface area (Å²) in [6.45, 7) is 0. The lowest BCUT2D eigenvalue weighted by atomic mass is 10.1. The summed E-state index contributed by atoms with van der Waals surface area (Å²) in [5, 5.41) is 8.48. The molecule has 0 atom stereocenters. The van der Waals surface area contributed by atoms with Crippen molar-refractivity contribution in [1.82, 2.24) is 5.64 Å². The van der Waals surface area contributed by atoms with Crippen LogP contribution in [0.3, 0.4) is 0 Å². The Bertz CT molecular complexity index is 428. The number of unbranched alkanes of at least 4 members (excludes halogenated alkanes) is 5. The number of carbonyl (C=O) groups excluding carboxylic acids is 3. The Labute approximate surface area is 145 Å². The highest BCUT2D eigenvalue weighted by atomic mass is 16.9. The van der Waals surface area contributed by atoms with Gasteiger partial charge in [-0.05, 0) is 19.3 Å². The maximum absolute atomic E-state index is 11.4. The van der Waals surface area contributed by atoms with Crippen LogP contribution in [0.4, 0.5) is 0 Å². The van der Waals surface area contributed by atoms with Crippen LogP contribution >= 0.6 is 0 Å². The number of rotatable bonds is 15. The molecule has 0 aliphatic rings. The summed E-state index contributed by atoms with van der Waals surface area (Å²) in [5.74, 6) is 1.99. The van der Waals surface area contributed by atoms with Crippen LogP contribution in [0, 0.1) is 0 Å². The quantitative estimate of drug-likeness (QED) is 0.286. The topological polar surface area (TPSA) is 154 Å². The van der Waals surface area contributed by atoms with Crippen LogP contribution in [0.15, 0.2) is 0 Å². The third kappa shape index (κ3) is 16.4. The zero-order chi connectivity index (χ0) is 18.9. The molecule has 0 saturated heterocycles. The van der Waals surface area contributed by atoms with Crippen LogP contribution < -0.4 is 11.5 Å². The molecule has 0 rings (SSSR count). The van der Waals surface area contributed by atoms with E-state index in [-0.39, 0.29) is 32.1 Å². The van der Waals surface area contributed by atoms with Gasteiger partial charge in [-0.25, -0.2) is 0 Å². The molecule has 0 unspecified atom stereocenters. The molecule has 0 aliphatic carbocycles. The van der Waals surface area contributed by atoms with E-state index >= 15 is 0 Å². The number of hydrogen-bond donors (Lipinski definition) is 3. The van der Waals surface area contributed by atoms with Gasteiger partial charge < -0.3 is 19.6 Å². The van der Waals surface area contributed by atoms with Crippen LogP contribution in [0.5, 0.6) is 0 Å². The first-order valence-electron chi connectivity index (χ1n) is 8.21. The number of carbonyl (C=O) groups is 4. The molecule has 10 nitrogen and oxygen atoms in total. The Morgan fingerprint density at radius 3 is 1.64 bits per heavy atom. The molecule has 0 heterocycles. The summed E-state index contributed by atoms with van der Waals surface area (Å²) in [7, 11) is 0. The Hall–Kier alpha value is -2.20. The first-order valence-corrected chi connectivity index (χ1v) is 8.21. The highest BCUT2D eigenvalue weighted by Crippen LogP contribution is 2.09. The van der Waals surface area contributed by atoms with Crippen molar-refractivity contribution in [3.63, 3.8) is 0 Å². The van der Waals surface area contributed by atoms with Gasteiger partial charge in [0, 0.05) is 31.3 Å². The van der Waals surface area contributed by atoms with Gasteiger partial charge in [0.1, 0.15) is 0 Å². The molecule has 0 aromatic heterocycles. The zero-order valence-electron chi connectivity index (χ0n) is 14.2. The molecular formula is C15H26N2O8. The van der Waals surface area contributed by atoms with E-state index in [1.165, 1.54) is 0 Å². The fraction of sp³-hybridized carbons (Fsp3) is 0.733. The van der Waals surface area contributed by atoms with Crippen molar-refractivity contribution >= 4 is 23.9 Å². The predicted octanol–water partition coefficient (Wildman–Crippen LogP) is 1.28. The molecule has 4 N–H and O–H groups in total. The fourth-order valence-corrected chi connectivity index (χ4v) is 1.90. The summed E-state index contributed by atoms with van der Waals surface area (Å²) in [5.41, 5.74) is 1.82. The highest BCUT2D eigenvalue weighted by Gasteiger charge is 2.08. The standard InChI is InChI=1S/C15H26N2O8/c16-23-13(20)10-7-11-15(22)25-17-24-14(21)9-6-4-2-1-3-5-8-12(18)19/h17H,1-11,16H2,(H,18,19). The molecule has 0 radical (unpaired) electrons. The fourth-order valence-electron chi connectivity index (χ4n) is 1.90. The second-order valence-electron chi connectivity index (χ2n) is 5.39. The minimum atomic E-state index is -0.783. The van der Waals surface area contributed by atoms with Crippen LogP contribution in [0.1, 0.15) is 70.6 Å². The van der Waals surface area contributed by atoms with E-state index < -0.39 is 23.9 Å². The average Bonchev–Trinajstić information content (AvgIpc) is 2.56. The summed E-state index contributed by atoms with van der Waals surface area (Å²) < 4.78 is 0. The van der Waals surface area contributed by atoms with Gasteiger partial charge in [0.15, 0.2) is 0 Å². The molecule has 0 fully saturated rings. The normalized spacial score (nSPS) is 10.1. The molecule has 10 heteroatoms. The summed E-state index contributed by atoms with van der Waals surface area (Å²) >= 11 is 0. The highest BCUT2D eigenvalue weighted by molar-refractivity contribution is 5.72. The van der Waals surface area contributed by atoms with Gasteiger partial charge in [-0.3, -0.25) is 19.2 Å². The van der Waals surface area contributed by atoms with Crippen molar-refractivity contribution in [3.05, 3.63) is 0 Å². The number of aliphatic carboxylic acids is 1. The molecular weight excluding hydrogens is 336 g/mol. The van der Waals surface area contributed by atoms with E-state index in [4.69, 9.17) is 5.11 Å². The van der Waals surface area contributed by atoms with Crippen LogP contribution in [0.25, 0.3) is 0 Å². The third-order valence-corrected chi connectivity index (χ3v) is 3.23. The Kier molecular flexibility index (Phi) is 14.0. The molecule has 0 amide bonds. The monoisotopic (exact) mass is 362 g/mol. The van der Waals surface area contributed by atoms with Gasteiger partial charge in [0.2, 0.25) is 0 Å². The lowest BCUT2D eigenvalue weighted by Gasteiger charge is -2.06. The van der Waals surface area contributed by atoms with Gasteiger partial charge >= 0.3 is 23.9 Å². The molecule has 0 saturated carbocycles. The average molecular weight is 362 g/mol. The van der Waals surface area contributed by atoms with E-state index in [1.54, 1.807) is 0 Å². The van der Waals surface area contributed by atoms with Gasteiger partial charge in [-0.2, -0.15) is 5.90 Å². The van der Waals surface area contributed by atoms with E-state index in [9.17, 15) is 19.2 Å². The van der Waals surface area contributed by atoms with Crippen LogP contribution in [-0.4, -0.2) is 29.0 Å². The molecule has 0 bridgehead atoms. The van der Waals surface area contributed by atoms with Crippen molar-refractivity contribution in [1.29, 1.82) is 0 Å². The summed E-state index contributed by atoms with van der Waals surface area (Å²) in [6.07, 6.45) is 5.34. The maximum Gasteiger partial charge on any atom is 0.328 e. The van der Waals surface area contributed by atoms with Gasteiger partial charge in [0.25, 0.3) is 0 Å². The smallest absolute Gasteiger partial charge is 0.328 e. The Morgan fingerprint density at radius 1 is 0.680 bits per heavy atom. The van der Waals surface area contributed by atoms with Crippen LogP contribution in [-0.2, 0) is 33.7 Å². The first-order chi connectivity index (χ1) is 12.0. The molecule has 0 aliphatic heterocycles. The molecule has 0 aromatic rings. The zero-order valence-corrected chi connectivity index (χ0v) is 14.2. The number of carboxylic acid groups (broad SMARTS) is 1. The predicted molar refractivity (Wildman–Crippen MR) is 84.0 cm³/mol. The second kappa shape index (κ2) is 15.3. The van der Waals surface area contributed by atoms with Crippen molar-refractivity contribution in [2.24, 2.45) is 5.90 Å².